The maximum Gasteiger partial charge on any atom is 0.343 e. The van der Waals surface area contributed by atoms with Gasteiger partial charge in [0.1, 0.15) is 28.9 Å². The summed E-state index contributed by atoms with van der Waals surface area (Å²) in [5.41, 5.74) is 8.20. The minimum Gasteiger partial charge on any atom is -0.494 e. The van der Waals surface area contributed by atoms with Crippen LogP contribution in [0.1, 0.15) is 79.8 Å². The minimum atomic E-state index is -0.657. The van der Waals surface area contributed by atoms with Gasteiger partial charge in [-0.1, -0.05) is 80.9 Å². The number of esters is 1. The van der Waals surface area contributed by atoms with Crippen LogP contribution < -0.4 is 24.7 Å². The Hall–Kier alpha value is -3.86. The highest BCUT2D eigenvalue weighted by atomic mass is 35.5. The quantitative estimate of drug-likeness (QED) is 0.118. The number of hydrogen-bond acceptors (Lipinski definition) is 7. The third-order valence-corrected chi connectivity index (χ3v) is 7.38. The second-order valence-corrected chi connectivity index (χ2v) is 10.8. The Balaban J connectivity index is 1.50. The highest BCUT2D eigenvalue weighted by Gasteiger charge is 2.31. The van der Waals surface area contributed by atoms with Gasteiger partial charge in [0.05, 0.1) is 34.7 Å². The average Bonchev–Trinajstić information content (AvgIpc) is 2.98. The highest BCUT2D eigenvalue weighted by Crippen LogP contribution is 2.44. The number of rotatable bonds is 13. The van der Waals surface area contributed by atoms with Crippen molar-refractivity contribution in [1.29, 1.82) is 5.26 Å². The second-order valence-electron chi connectivity index (χ2n) is 9.96. The number of nitrogens with zero attached hydrogens (tertiary/aromatic N) is 1. The van der Waals surface area contributed by atoms with Gasteiger partial charge < -0.3 is 24.7 Å². The minimum absolute atomic E-state index is 0.00730. The molecule has 0 spiro atoms. The maximum atomic E-state index is 12.9. The molecule has 42 heavy (non-hydrogen) atoms. The van der Waals surface area contributed by atoms with Gasteiger partial charge in [0, 0.05) is 11.6 Å². The van der Waals surface area contributed by atoms with E-state index >= 15 is 0 Å². The normalized spacial score (nSPS) is 14.0. The summed E-state index contributed by atoms with van der Waals surface area (Å²) >= 11 is 12.6. The van der Waals surface area contributed by atoms with Gasteiger partial charge in [-0.3, -0.25) is 0 Å². The van der Waals surface area contributed by atoms with Gasteiger partial charge in [0.25, 0.3) is 0 Å². The Morgan fingerprint density at radius 3 is 2.26 bits per heavy atom. The van der Waals surface area contributed by atoms with Crippen molar-refractivity contribution in [3.05, 3.63) is 92.8 Å². The Bertz CT molecular complexity index is 1460. The van der Waals surface area contributed by atoms with E-state index in [1.165, 1.54) is 31.4 Å². The molecule has 0 fully saturated rings. The first-order valence-electron chi connectivity index (χ1n) is 14.1. The van der Waals surface area contributed by atoms with Gasteiger partial charge in [0.2, 0.25) is 5.88 Å². The fraction of sp³-hybridized carbons (Fsp3) is 0.333. The first-order valence-corrected chi connectivity index (χ1v) is 14.9. The van der Waals surface area contributed by atoms with E-state index in [1.54, 1.807) is 18.2 Å². The molecule has 0 amide bonds. The molecule has 4 rings (SSSR count). The lowest BCUT2D eigenvalue weighted by molar-refractivity contribution is 0.0734. The largest absolute Gasteiger partial charge is 0.494 e. The first-order chi connectivity index (χ1) is 20.4. The van der Waals surface area contributed by atoms with Crippen LogP contribution in [-0.2, 0) is 0 Å². The summed E-state index contributed by atoms with van der Waals surface area (Å²) in [7, 11) is 0. The van der Waals surface area contributed by atoms with Crippen LogP contribution in [0.4, 0.5) is 0 Å². The number of carbonyl (C=O) groups excluding carboxylic acids is 1. The summed E-state index contributed by atoms with van der Waals surface area (Å²) in [6, 6.07) is 17.7. The lowest BCUT2D eigenvalue weighted by Crippen LogP contribution is -2.21. The Kier molecular flexibility index (Phi) is 11.0. The van der Waals surface area contributed by atoms with E-state index in [-0.39, 0.29) is 27.2 Å². The van der Waals surface area contributed by atoms with Crippen LogP contribution in [0.15, 0.2) is 66.1 Å². The monoisotopic (exact) mass is 608 g/mol. The van der Waals surface area contributed by atoms with Gasteiger partial charge in [-0.25, -0.2) is 4.79 Å². The van der Waals surface area contributed by atoms with Gasteiger partial charge in [-0.15, -0.1) is 0 Å². The van der Waals surface area contributed by atoms with Crippen molar-refractivity contribution in [2.75, 3.05) is 13.2 Å². The van der Waals surface area contributed by atoms with Crippen LogP contribution in [0, 0.1) is 11.3 Å². The van der Waals surface area contributed by atoms with Crippen LogP contribution in [0.2, 0.25) is 10.0 Å². The predicted octanol–water partition coefficient (Wildman–Crippen LogP) is 8.57. The molecule has 0 bridgehead atoms. The molecule has 220 valence electrons. The molecule has 3 aromatic carbocycles. The SMILES string of the molecule is CCCCCCCOc1ccc(C2C(C#N)=C(N)Oc3cc(OC(=O)c4cc(Cl)c(OCCC)c(Cl)c4)ccc32)cc1. The lowest BCUT2D eigenvalue weighted by Gasteiger charge is -2.27. The Labute approximate surface area is 256 Å². The van der Waals surface area contributed by atoms with E-state index in [2.05, 4.69) is 13.0 Å². The number of unbranched alkanes of at least 4 members (excludes halogenated alkanes) is 4. The molecule has 3 aromatic rings. The molecule has 1 atom stereocenters. The van der Waals surface area contributed by atoms with Crippen LogP contribution in [-0.4, -0.2) is 19.2 Å². The number of nitriles is 1. The topological polar surface area (TPSA) is 104 Å². The van der Waals surface area contributed by atoms with Crippen molar-refractivity contribution in [2.24, 2.45) is 5.73 Å². The molecule has 0 saturated heterocycles. The molecule has 9 heteroatoms. The molecule has 1 heterocycles. The van der Waals surface area contributed by atoms with E-state index in [4.69, 9.17) is 47.9 Å². The summed E-state index contributed by atoms with van der Waals surface area (Å²) in [4.78, 5) is 12.9. The highest BCUT2D eigenvalue weighted by molar-refractivity contribution is 6.37. The van der Waals surface area contributed by atoms with Crippen molar-refractivity contribution in [1.82, 2.24) is 0 Å². The molecule has 1 aliphatic rings. The van der Waals surface area contributed by atoms with Gasteiger partial charge in [0.15, 0.2) is 5.75 Å². The van der Waals surface area contributed by atoms with E-state index in [0.717, 1.165) is 30.6 Å². The van der Waals surface area contributed by atoms with E-state index < -0.39 is 11.9 Å². The third-order valence-electron chi connectivity index (χ3n) is 6.82. The summed E-state index contributed by atoms with van der Waals surface area (Å²) in [5, 5.41) is 10.3. The number of allylic oxidation sites excluding steroid dienone is 1. The second kappa shape index (κ2) is 14.9. The first kappa shape index (κ1) is 31.1. The average molecular weight is 610 g/mol. The molecule has 0 aliphatic carbocycles. The number of hydrogen-bond donors (Lipinski definition) is 1. The molecule has 1 aliphatic heterocycles. The summed E-state index contributed by atoms with van der Waals surface area (Å²) in [6.07, 6.45) is 6.63. The Morgan fingerprint density at radius 2 is 1.60 bits per heavy atom. The van der Waals surface area contributed by atoms with Crippen LogP contribution >= 0.6 is 23.2 Å². The Morgan fingerprint density at radius 1 is 0.905 bits per heavy atom. The summed E-state index contributed by atoms with van der Waals surface area (Å²) in [6.45, 7) is 5.27. The molecule has 0 aromatic heterocycles. The van der Waals surface area contributed by atoms with E-state index in [1.807, 2.05) is 31.2 Å². The lowest BCUT2D eigenvalue weighted by atomic mass is 9.83. The van der Waals surface area contributed by atoms with Crippen molar-refractivity contribution in [3.63, 3.8) is 0 Å². The van der Waals surface area contributed by atoms with Gasteiger partial charge in [-0.05, 0) is 48.7 Å². The van der Waals surface area contributed by atoms with Crippen LogP contribution in [0.3, 0.4) is 0 Å². The van der Waals surface area contributed by atoms with E-state index in [9.17, 15) is 10.1 Å². The zero-order valence-corrected chi connectivity index (χ0v) is 25.3. The number of carbonyl (C=O) groups is 1. The van der Waals surface area contributed by atoms with Crippen LogP contribution in [0.25, 0.3) is 0 Å². The standard InChI is InChI=1S/C33H34Cl2N2O5/c1-3-5-6-7-8-16-39-23-11-9-21(10-12-23)30-25-14-13-24(19-29(25)42-32(37)26(30)20-36)41-33(38)22-17-27(34)31(28(35)18-22)40-15-4-2/h9-14,17-19,30H,3-8,15-16,37H2,1-2H3. The number of halogens is 2. The molecule has 0 saturated carbocycles. The maximum absolute atomic E-state index is 12.9. The van der Waals surface area contributed by atoms with Gasteiger partial charge in [-0.2, -0.15) is 5.26 Å². The molecule has 7 nitrogen and oxygen atoms in total. The number of ether oxygens (including phenoxy) is 4. The molecule has 0 radical (unpaired) electrons. The molecular weight excluding hydrogens is 575 g/mol. The third kappa shape index (κ3) is 7.50. The van der Waals surface area contributed by atoms with Crippen molar-refractivity contribution < 1.29 is 23.7 Å². The fourth-order valence-corrected chi connectivity index (χ4v) is 5.28. The fourth-order valence-electron chi connectivity index (χ4n) is 4.68. The molecular formula is C33H34Cl2N2O5. The van der Waals surface area contributed by atoms with Crippen LogP contribution in [0.5, 0.6) is 23.0 Å². The number of benzene rings is 3. The predicted molar refractivity (Wildman–Crippen MR) is 164 cm³/mol. The summed E-state index contributed by atoms with van der Waals surface area (Å²) < 4.78 is 22.8. The van der Waals surface area contributed by atoms with Crippen molar-refractivity contribution >= 4 is 29.2 Å². The zero-order chi connectivity index (χ0) is 30.1. The number of fused-ring (bicyclic) bond motifs is 1. The molecule has 1 unspecified atom stereocenters. The van der Waals surface area contributed by atoms with Crippen molar-refractivity contribution in [2.45, 2.75) is 58.3 Å². The van der Waals surface area contributed by atoms with E-state index in [0.29, 0.717) is 35.8 Å². The van der Waals surface area contributed by atoms with Gasteiger partial charge >= 0.3 is 5.97 Å². The number of nitrogens with two attached hydrogens (primary N) is 1. The summed E-state index contributed by atoms with van der Waals surface area (Å²) in [5.74, 6) is 0.578. The molecule has 2 N–H and O–H groups in total. The zero-order valence-electron chi connectivity index (χ0n) is 23.8. The smallest absolute Gasteiger partial charge is 0.343 e. The van der Waals surface area contributed by atoms with Crippen molar-refractivity contribution in [3.8, 4) is 29.1 Å².